The van der Waals surface area contributed by atoms with Gasteiger partial charge in [0.2, 0.25) is 0 Å². The first-order chi connectivity index (χ1) is 14.4. The van der Waals surface area contributed by atoms with Crippen LogP contribution in [0.3, 0.4) is 0 Å². The van der Waals surface area contributed by atoms with Crippen molar-refractivity contribution in [2.45, 2.75) is 6.54 Å². The maximum Gasteiger partial charge on any atom is 0.283 e. The predicted molar refractivity (Wildman–Crippen MR) is 116 cm³/mol. The first-order valence-corrected chi connectivity index (χ1v) is 9.68. The highest BCUT2D eigenvalue weighted by Crippen LogP contribution is 2.22. The lowest BCUT2D eigenvalue weighted by molar-refractivity contribution is 0.102. The van der Waals surface area contributed by atoms with Crippen LogP contribution in [0.4, 0.5) is 10.1 Å². The van der Waals surface area contributed by atoms with E-state index < -0.39 is 17.3 Å². The fourth-order valence-electron chi connectivity index (χ4n) is 3.04. The fourth-order valence-corrected chi connectivity index (χ4v) is 3.51. The molecule has 0 unspecified atom stereocenters. The van der Waals surface area contributed by atoms with Crippen LogP contribution in [0.2, 0.25) is 10.0 Å². The van der Waals surface area contributed by atoms with Crippen LogP contribution in [0.5, 0.6) is 0 Å². The highest BCUT2D eigenvalue weighted by molar-refractivity contribution is 6.35. The van der Waals surface area contributed by atoms with Gasteiger partial charge in [0.1, 0.15) is 5.82 Å². The van der Waals surface area contributed by atoms with E-state index in [9.17, 15) is 14.0 Å². The number of aromatic nitrogens is 2. The molecule has 30 heavy (non-hydrogen) atoms. The second-order valence-corrected chi connectivity index (χ2v) is 7.38. The third-order valence-electron chi connectivity index (χ3n) is 4.51. The zero-order valence-electron chi connectivity index (χ0n) is 15.4. The third-order valence-corrected chi connectivity index (χ3v) is 5.10. The molecule has 4 rings (SSSR count). The molecule has 8 heteroatoms. The maximum absolute atomic E-state index is 13.2. The molecule has 0 saturated heterocycles. The number of rotatable bonds is 4. The van der Waals surface area contributed by atoms with E-state index >= 15 is 0 Å². The van der Waals surface area contributed by atoms with Crippen molar-refractivity contribution in [3.8, 4) is 0 Å². The summed E-state index contributed by atoms with van der Waals surface area (Å²) < 4.78 is 14.5. The Morgan fingerprint density at radius 1 is 1.03 bits per heavy atom. The van der Waals surface area contributed by atoms with E-state index in [1.54, 1.807) is 42.5 Å². The molecule has 1 N–H and O–H groups in total. The van der Waals surface area contributed by atoms with E-state index in [4.69, 9.17) is 23.2 Å². The van der Waals surface area contributed by atoms with Crippen molar-refractivity contribution in [2.24, 2.45) is 0 Å². The summed E-state index contributed by atoms with van der Waals surface area (Å²) in [5.41, 5.74) is 1.22. The fraction of sp³-hybridized carbons (Fsp3) is 0.0455. The Kier molecular flexibility index (Phi) is 5.53. The van der Waals surface area contributed by atoms with Crippen molar-refractivity contribution in [1.29, 1.82) is 0 Å². The molecule has 1 aromatic heterocycles. The molecule has 0 fully saturated rings. The summed E-state index contributed by atoms with van der Waals surface area (Å²) in [4.78, 5) is 30.2. The van der Waals surface area contributed by atoms with Gasteiger partial charge in [0, 0.05) is 15.7 Å². The van der Waals surface area contributed by atoms with Gasteiger partial charge in [0.25, 0.3) is 11.5 Å². The van der Waals surface area contributed by atoms with Crippen LogP contribution >= 0.6 is 23.2 Å². The third kappa shape index (κ3) is 4.06. The maximum atomic E-state index is 13.2. The Morgan fingerprint density at radius 2 is 1.77 bits per heavy atom. The van der Waals surface area contributed by atoms with Crippen LogP contribution in [0, 0.1) is 5.82 Å². The van der Waals surface area contributed by atoms with Crippen LogP contribution in [0.1, 0.15) is 16.1 Å². The van der Waals surface area contributed by atoms with Gasteiger partial charge in [0.05, 0.1) is 17.6 Å². The van der Waals surface area contributed by atoms with Gasteiger partial charge in [-0.05, 0) is 54.1 Å². The molecule has 0 aliphatic heterocycles. The number of carbonyl (C=O) groups excluding carboxylic acids is 1. The van der Waals surface area contributed by atoms with E-state index in [0.29, 0.717) is 32.3 Å². The van der Waals surface area contributed by atoms with Gasteiger partial charge < -0.3 is 9.88 Å². The van der Waals surface area contributed by atoms with Crippen molar-refractivity contribution in [2.75, 3.05) is 5.32 Å². The molecule has 0 saturated carbocycles. The highest BCUT2D eigenvalue weighted by atomic mass is 35.5. The average molecular weight is 442 g/mol. The van der Waals surface area contributed by atoms with Gasteiger partial charge >= 0.3 is 0 Å². The molecule has 0 aliphatic carbocycles. The van der Waals surface area contributed by atoms with E-state index in [1.807, 2.05) is 0 Å². The summed E-state index contributed by atoms with van der Waals surface area (Å²) in [6.07, 6.45) is 0. The average Bonchev–Trinajstić information content (AvgIpc) is 2.73. The monoisotopic (exact) mass is 441 g/mol. The zero-order chi connectivity index (χ0) is 21.3. The Labute approximate surface area is 180 Å². The standard InChI is InChI=1S/C22H14Cl2FN3O2/c23-14-6-5-13(17(24)11-14)12-28-19-4-2-1-3-18(19)27-20(22(28)30)21(29)26-16-9-7-15(25)8-10-16/h1-11H,12H2,(H,26,29). The molecule has 0 aliphatic rings. The van der Waals surface area contributed by atoms with Crippen molar-refractivity contribution >= 4 is 45.8 Å². The number of anilines is 1. The van der Waals surface area contributed by atoms with Crippen molar-refractivity contribution < 1.29 is 9.18 Å². The normalized spacial score (nSPS) is 10.9. The second-order valence-electron chi connectivity index (χ2n) is 6.54. The Hall–Kier alpha value is -3.22. The van der Waals surface area contributed by atoms with Gasteiger partial charge in [-0.25, -0.2) is 9.37 Å². The van der Waals surface area contributed by atoms with E-state index in [2.05, 4.69) is 10.3 Å². The molecule has 1 heterocycles. The largest absolute Gasteiger partial charge is 0.320 e. The summed E-state index contributed by atoms with van der Waals surface area (Å²) >= 11 is 12.2. The summed E-state index contributed by atoms with van der Waals surface area (Å²) in [7, 11) is 0. The number of nitrogens with zero attached hydrogens (tertiary/aromatic N) is 2. The lowest BCUT2D eigenvalue weighted by Crippen LogP contribution is -2.31. The van der Waals surface area contributed by atoms with Gasteiger partial charge in [-0.15, -0.1) is 0 Å². The number of halogens is 3. The number of para-hydroxylation sites is 2. The number of amides is 1. The number of carbonyl (C=O) groups is 1. The number of nitrogens with one attached hydrogen (secondary N) is 1. The van der Waals surface area contributed by atoms with Gasteiger partial charge in [0.15, 0.2) is 5.69 Å². The summed E-state index contributed by atoms with van der Waals surface area (Å²) in [6, 6.07) is 17.2. The minimum absolute atomic E-state index is 0.134. The Morgan fingerprint density at radius 3 is 2.50 bits per heavy atom. The smallest absolute Gasteiger partial charge is 0.283 e. The lowest BCUT2D eigenvalue weighted by Gasteiger charge is -2.13. The number of benzene rings is 3. The van der Waals surface area contributed by atoms with Crippen LogP contribution < -0.4 is 10.9 Å². The molecule has 4 aromatic rings. The number of hydrogen-bond acceptors (Lipinski definition) is 3. The quantitative estimate of drug-likeness (QED) is 0.476. The van der Waals surface area contributed by atoms with Crippen LogP contribution in [0.15, 0.2) is 71.5 Å². The van der Waals surface area contributed by atoms with Crippen molar-refractivity contribution in [3.63, 3.8) is 0 Å². The lowest BCUT2D eigenvalue weighted by atomic mass is 10.2. The molecule has 0 spiro atoms. The Bertz CT molecular complexity index is 1320. The molecule has 1 amide bonds. The van der Waals surface area contributed by atoms with Crippen LogP contribution in [-0.2, 0) is 6.54 Å². The first kappa shape index (κ1) is 20.1. The predicted octanol–water partition coefficient (Wildman–Crippen LogP) is 5.14. The Balaban J connectivity index is 1.79. The minimum atomic E-state index is -0.687. The van der Waals surface area contributed by atoms with Gasteiger partial charge in [-0.2, -0.15) is 0 Å². The summed E-state index contributed by atoms with van der Waals surface area (Å²) in [5.74, 6) is -1.12. The van der Waals surface area contributed by atoms with E-state index in [-0.39, 0.29) is 12.2 Å². The highest BCUT2D eigenvalue weighted by Gasteiger charge is 2.18. The topological polar surface area (TPSA) is 64.0 Å². The van der Waals surface area contributed by atoms with Gasteiger partial charge in [-0.3, -0.25) is 9.59 Å². The van der Waals surface area contributed by atoms with Crippen LogP contribution in [-0.4, -0.2) is 15.5 Å². The second kappa shape index (κ2) is 8.26. The molecule has 3 aromatic carbocycles. The summed E-state index contributed by atoms with van der Waals surface area (Å²) in [5, 5.41) is 3.47. The summed E-state index contributed by atoms with van der Waals surface area (Å²) in [6.45, 7) is 0.134. The molecule has 0 bridgehead atoms. The van der Waals surface area contributed by atoms with E-state index in [1.165, 1.54) is 28.8 Å². The molecule has 5 nitrogen and oxygen atoms in total. The number of hydrogen-bond donors (Lipinski definition) is 1. The van der Waals surface area contributed by atoms with Crippen molar-refractivity contribution in [3.05, 3.63) is 104 Å². The van der Waals surface area contributed by atoms with E-state index in [0.717, 1.165) is 0 Å². The van der Waals surface area contributed by atoms with Crippen LogP contribution in [0.25, 0.3) is 11.0 Å². The molecular weight excluding hydrogens is 428 g/mol. The molecular formula is C22H14Cl2FN3O2. The molecule has 0 atom stereocenters. The zero-order valence-corrected chi connectivity index (χ0v) is 16.9. The minimum Gasteiger partial charge on any atom is -0.320 e. The van der Waals surface area contributed by atoms with Crippen molar-refractivity contribution in [1.82, 2.24) is 9.55 Å². The van der Waals surface area contributed by atoms with Gasteiger partial charge in [-0.1, -0.05) is 41.4 Å². The SMILES string of the molecule is O=C(Nc1ccc(F)cc1)c1nc2ccccc2n(Cc2ccc(Cl)cc2Cl)c1=O. The molecule has 150 valence electrons. The molecule has 0 radical (unpaired) electrons. The first-order valence-electron chi connectivity index (χ1n) is 8.93. The number of fused-ring (bicyclic) bond motifs is 1.